The molecule has 0 unspecified atom stereocenters. The lowest BCUT2D eigenvalue weighted by Crippen LogP contribution is -2.49. The number of anilines is 3. The maximum absolute atomic E-state index is 12.9. The van der Waals surface area contributed by atoms with Gasteiger partial charge in [-0.05, 0) is 12.1 Å². The summed E-state index contributed by atoms with van der Waals surface area (Å²) in [6.45, 7) is 7.32. The molecule has 12 nitrogen and oxygen atoms in total. The van der Waals surface area contributed by atoms with Crippen LogP contribution in [0, 0.1) is 0 Å². The van der Waals surface area contributed by atoms with Gasteiger partial charge in [0.15, 0.2) is 21.0 Å². The Kier molecular flexibility index (Phi) is 7.38. The van der Waals surface area contributed by atoms with Crippen LogP contribution in [0.5, 0.6) is 0 Å². The number of carbonyl (C=O) groups is 1. The smallest absolute Gasteiger partial charge is 0.254 e. The van der Waals surface area contributed by atoms with Crippen LogP contribution in [0.3, 0.4) is 0 Å². The Morgan fingerprint density at radius 2 is 1.61 bits per heavy atom. The zero-order valence-electron chi connectivity index (χ0n) is 18.4. The molecule has 2 aromatic heterocycles. The summed E-state index contributed by atoms with van der Waals surface area (Å²) >= 11 is 0.948. The first kappa shape index (κ1) is 23.8. The molecule has 180 valence electrons. The van der Waals surface area contributed by atoms with E-state index >= 15 is 0 Å². The van der Waals surface area contributed by atoms with Gasteiger partial charge < -0.3 is 20.2 Å². The Hall–Kier alpha value is -2.39. The zero-order valence-corrected chi connectivity index (χ0v) is 20.1. The Morgan fingerprint density at radius 3 is 2.12 bits per heavy atom. The molecule has 14 heteroatoms. The number of aliphatic hydroxyl groups excluding tert-OH is 1. The molecule has 0 aromatic carbocycles. The fourth-order valence-electron chi connectivity index (χ4n) is 3.87. The number of aliphatic hydroxyl groups is 1. The van der Waals surface area contributed by atoms with Crippen molar-refractivity contribution in [1.82, 2.24) is 24.4 Å². The van der Waals surface area contributed by atoms with E-state index < -0.39 is 10.0 Å². The summed E-state index contributed by atoms with van der Waals surface area (Å²) in [6, 6.07) is 3.88. The van der Waals surface area contributed by atoms with Gasteiger partial charge in [-0.1, -0.05) is 11.3 Å². The average molecular weight is 497 g/mol. The van der Waals surface area contributed by atoms with E-state index in [4.69, 9.17) is 5.11 Å². The molecule has 2 N–H and O–H groups in total. The van der Waals surface area contributed by atoms with E-state index in [1.165, 1.54) is 17.4 Å². The van der Waals surface area contributed by atoms with Crippen LogP contribution in [0.4, 0.5) is 16.8 Å². The Balaban J connectivity index is 1.32. The van der Waals surface area contributed by atoms with Crippen molar-refractivity contribution in [3.63, 3.8) is 0 Å². The van der Waals surface area contributed by atoms with Gasteiger partial charge >= 0.3 is 0 Å². The molecule has 2 saturated heterocycles. The highest BCUT2D eigenvalue weighted by Gasteiger charge is 2.31. The normalized spacial score (nSPS) is 18.5. The molecule has 4 heterocycles. The van der Waals surface area contributed by atoms with E-state index in [2.05, 4.69) is 30.3 Å². The van der Waals surface area contributed by atoms with Gasteiger partial charge in [0.2, 0.25) is 5.91 Å². The van der Waals surface area contributed by atoms with Crippen LogP contribution in [0.2, 0.25) is 0 Å². The van der Waals surface area contributed by atoms with Crippen molar-refractivity contribution < 1.29 is 18.3 Å². The summed E-state index contributed by atoms with van der Waals surface area (Å²) in [4.78, 5) is 21.6. The number of hydrogen-bond donors (Lipinski definition) is 2. The third-order valence-corrected chi connectivity index (χ3v) is 8.92. The van der Waals surface area contributed by atoms with Gasteiger partial charge in [-0.15, -0.1) is 10.2 Å². The van der Waals surface area contributed by atoms with Crippen LogP contribution in [0.1, 0.15) is 6.92 Å². The number of nitrogens with zero attached hydrogens (tertiary/aromatic N) is 7. The Labute approximate surface area is 196 Å². The molecule has 33 heavy (non-hydrogen) atoms. The Bertz CT molecular complexity index is 1050. The monoisotopic (exact) mass is 496 g/mol. The predicted octanol–water partition coefficient (Wildman–Crippen LogP) is -0.483. The summed E-state index contributed by atoms with van der Waals surface area (Å²) in [5.41, 5.74) is 0. The minimum atomic E-state index is -3.66. The van der Waals surface area contributed by atoms with Crippen LogP contribution in [0.15, 0.2) is 22.5 Å². The minimum Gasteiger partial charge on any atom is -0.395 e. The van der Waals surface area contributed by atoms with Crippen molar-refractivity contribution in [2.75, 3.05) is 80.6 Å². The van der Waals surface area contributed by atoms with Gasteiger partial charge in [0.1, 0.15) is 0 Å². The predicted molar refractivity (Wildman–Crippen MR) is 125 cm³/mol. The molecule has 0 aliphatic carbocycles. The summed E-state index contributed by atoms with van der Waals surface area (Å²) < 4.78 is 27.4. The van der Waals surface area contributed by atoms with Crippen LogP contribution < -0.4 is 15.1 Å². The number of amides is 1. The summed E-state index contributed by atoms with van der Waals surface area (Å²) in [5.74, 6) is 1.25. The highest BCUT2D eigenvalue weighted by molar-refractivity contribution is 7.91. The van der Waals surface area contributed by atoms with E-state index in [0.717, 1.165) is 49.2 Å². The molecule has 2 aromatic rings. The van der Waals surface area contributed by atoms with Crippen LogP contribution in [0.25, 0.3) is 0 Å². The second kappa shape index (κ2) is 10.3. The van der Waals surface area contributed by atoms with Crippen LogP contribution in [-0.2, 0) is 14.8 Å². The maximum Gasteiger partial charge on any atom is 0.254 e. The number of nitrogens with one attached hydrogen (secondary N) is 1. The number of sulfonamides is 1. The number of thiazole rings is 1. The van der Waals surface area contributed by atoms with Gasteiger partial charge in [0, 0.05) is 65.8 Å². The first-order valence-electron chi connectivity index (χ1n) is 10.8. The summed E-state index contributed by atoms with van der Waals surface area (Å²) in [5, 5.41) is 20.6. The fourth-order valence-corrected chi connectivity index (χ4v) is 6.52. The third-order valence-electron chi connectivity index (χ3n) is 5.67. The Morgan fingerprint density at radius 1 is 1.03 bits per heavy atom. The molecule has 2 aliphatic rings. The van der Waals surface area contributed by atoms with E-state index in [1.807, 2.05) is 17.0 Å². The van der Waals surface area contributed by atoms with Crippen molar-refractivity contribution in [1.29, 1.82) is 0 Å². The summed E-state index contributed by atoms with van der Waals surface area (Å²) in [6.07, 6.45) is 1.28. The van der Waals surface area contributed by atoms with Crippen molar-refractivity contribution in [3.8, 4) is 0 Å². The molecule has 0 radical (unpaired) electrons. The quantitative estimate of drug-likeness (QED) is 0.517. The molecule has 2 fully saturated rings. The lowest BCUT2D eigenvalue weighted by molar-refractivity contribution is -0.114. The van der Waals surface area contributed by atoms with Crippen LogP contribution >= 0.6 is 11.3 Å². The van der Waals surface area contributed by atoms with Crippen molar-refractivity contribution in [2.24, 2.45) is 0 Å². The molecule has 0 saturated carbocycles. The molecule has 0 atom stereocenters. The lowest BCUT2D eigenvalue weighted by atomic mass is 10.3. The first-order chi connectivity index (χ1) is 15.9. The molecule has 4 rings (SSSR count). The second-order valence-electron chi connectivity index (χ2n) is 7.86. The van der Waals surface area contributed by atoms with E-state index in [1.54, 1.807) is 0 Å². The third kappa shape index (κ3) is 5.58. The zero-order chi connectivity index (χ0) is 23.4. The maximum atomic E-state index is 12.9. The molecule has 0 bridgehead atoms. The number of β-amino-alcohol motifs (C(OH)–C–C–N with tert-alkyl or cyclic N) is 1. The number of rotatable bonds is 7. The highest BCUT2D eigenvalue weighted by atomic mass is 32.2. The number of piperazine rings is 2. The highest BCUT2D eigenvalue weighted by Crippen LogP contribution is 2.27. The number of aromatic nitrogens is 3. The molecule has 0 spiro atoms. The van der Waals surface area contributed by atoms with Crippen molar-refractivity contribution in [2.45, 2.75) is 11.1 Å². The van der Waals surface area contributed by atoms with Crippen LogP contribution in [-0.4, -0.2) is 109 Å². The number of carbonyl (C=O) groups excluding carboxylic acids is 1. The minimum absolute atomic E-state index is 0.114. The van der Waals surface area contributed by atoms with Gasteiger partial charge in [-0.25, -0.2) is 13.4 Å². The number of hydrogen-bond acceptors (Lipinski definition) is 11. The van der Waals surface area contributed by atoms with E-state index in [-0.39, 0.29) is 21.9 Å². The largest absolute Gasteiger partial charge is 0.395 e. The van der Waals surface area contributed by atoms with E-state index in [0.29, 0.717) is 32.7 Å². The molecular weight excluding hydrogens is 468 g/mol. The SMILES string of the molecule is CC(=O)Nc1ncc(S(=O)(=O)N2CCN(c3ccc(N4CCN(CCO)CC4)nn3)CC2)s1. The average Bonchev–Trinajstić information content (AvgIpc) is 3.29. The fraction of sp³-hybridized carbons (Fsp3) is 0.579. The molecular formula is C19H28N8O4S2. The van der Waals surface area contributed by atoms with Crippen molar-refractivity contribution >= 4 is 44.0 Å². The summed E-state index contributed by atoms with van der Waals surface area (Å²) in [7, 11) is -3.66. The first-order valence-corrected chi connectivity index (χ1v) is 13.0. The van der Waals surface area contributed by atoms with Gasteiger partial charge in [-0.3, -0.25) is 9.69 Å². The van der Waals surface area contributed by atoms with E-state index in [9.17, 15) is 13.2 Å². The lowest BCUT2D eigenvalue weighted by Gasteiger charge is -2.35. The van der Waals surface area contributed by atoms with Gasteiger partial charge in [0.25, 0.3) is 10.0 Å². The molecule has 1 amide bonds. The standard InChI is InChI=1S/C19H28N8O4S2/c1-15(29)21-19-20-14-18(32-19)33(30,31)27-10-8-26(9-11-27)17-3-2-16(22-23-17)25-6-4-24(5-7-25)12-13-28/h2-3,14,28H,4-13H2,1H3,(H,20,21,29). The van der Waals surface area contributed by atoms with Gasteiger partial charge in [0.05, 0.1) is 12.8 Å². The van der Waals surface area contributed by atoms with Gasteiger partial charge in [-0.2, -0.15) is 4.31 Å². The molecule has 2 aliphatic heterocycles. The second-order valence-corrected chi connectivity index (χ2v) is 11.1. The van der Waals surface area contributed by atoms with Crippen molar-refractivity contribution in [3.05, 3.63) is 18.3 Å². The topological polar surface area (TPSA) is 135 Å².